The van der Waals surface area contributed by atoms with Crippen LogP contribution in [0.5, 0.6) is 5.75 Å². The van der Waals surface area contributed by atoms with E-state index in [1.165, 1.54) is 13.3 Å². The fraction of sp³-hybridized carbons (Fsp3) is 0.250. The minimum Gasteiger partial charge on any atom is -0.494 e. The topological polar surface area (TPSA) is 79.9 Å². The van der Waals surface area contributed by atoms with Gasteiger partial charge in [-0.2, -0.15) is 5.10 Å². The number of aryl methyl sites for hydroxylation is 1. The van der Waals surface area contributed by atoms with Gasteiger partial charge in [0.15, 0.2) is 0 Å². The van der Waals surface area contributed by atoms with Crippen molar-refractivity contribution in [3.63, 3.8) is 0 Å². The van der Waals surface area contributed by atoms with Gasteiger partial charge in [-0.1, -0.05) is 0 Å². The van der Waals surface area contributed by atoms with Crippen LogP contribution >= 0.6 is 0 Å². The van der Waals surface area contributed by atoms with Crippen LogP contribution in [0.1, 0.15) is 21.6 Å². The van der Waals surface area contributed by atoms with Crippen LogP contribution in [0.3, 0.4) is 0 Å². The summed E-state index contributed by atoms with van der Waals surface area (Å²) < 4.78 is 5.09. The van der Waals surface area contributed by atoms with Crippen LogP contribution in [0.15, 0.2) is 24.7 Å². The number of pyridine rings is 1. The number of hydrogen-bond donors (Lipinski definition) is 2. The minimum atomic E-state index is -0.199. The Labute approximate surface area is 104 Å². The number of methoxy groups -OCH3 is 1. The lowest BCUT2D eigenvalue weighted by Crippen LogP contribution is -2.23. The number of carbonyl (C=O) groups excluding carboxylic acids is 1. The van der Waals surface area contributed by atoms with Crippen LogP contribution < -0.4 is 10.1 Å². The molecule has 2 heterocycles. The van der Waals surface area contributed by atoms with Crippen molar-refractivity contribution >= 4 is 5.91 Å². The van der Waals surface area contributed by atoms with Crippen molar-refractivity contribution in [1.82, 2.24) is 20.5 Å². The Kier molecular flexibility index (Phi) is 3.57. The molecule has 0 radical (unpaired) electrons. The summed E-state index contributed by atoms with van der Waals surface area (Å²) in [5.41, 5.74) is 2.36. The smallest absolute Gasteiger partial charge is 0.255 e. The van der Waals surface area contributed by atoms with Gasteiger partial charge in [0.05, 0.1) is 25.1 Å². The van der Waals surface area contributed by atoms with Crippen molar-refractivity contribution in [3.8, 4) is 5.75 Å². The van der Waals surface area contributed by atoms with Crippen molar-refractivity contribution in [3.05, 3.63) is 41.5 Å². The van der Waals surface area contributed by atoms with Crippen LogP contribution in [0.2, 0.25) is 0 Å². The summed E-state index contributed by atoms with van der Waals surface area (Å²) >= 11 is 0. The molecule has 0 saturated heterocycles. The molecule has 0 bridgehead atoms. The van der Waals surface area contributed by atoms with Gasteiger partial charge in [-0.15, -0.1) is 0 Å². The van der Waals surface area contributed by atoms with Crippen molar-refractivity contribution in [1.29, 1.82) is 0 Å². The van der Waals surface area contributed by atoms with Gasteiger partial charge in [-0.25, -0.2) is 0 Å². The highest BCUT2D eigenvalue weighted by Gasteiger charge is 2.12. The number of nitrogens with zero attached hydrogens (tertiary/aromatic N) is 2. The first-order valence-electron chi connectivity index (χ1n) is 5.47. The zero-order valence-electron chi connectivity index (χ0n) is 10.2. The molecule has 2 aromatic heterocycles. The first-order chi connectivity index (χ1) is 8.72. The molecule has 0 atom stereocenters. The van der Waals surface area contributed by atoms with Crippen molar-refractivity contribution in [2.45, 2.75) is 13.5 Å². The standard InChI is InChI=1S/C12H14N4O2/c1-8-9(6-15-16-8)5-14-12(17)10-3-4-13-7-11(10)18-2/h3-4,6-7H,5H2,1-2H3,(H,14,17)(H,15,16). The highest BCUT2D eigenvalue weighted by Crippen LogP contribution is 2.15. The monoisotopic (exact) mass is 246 g/mol. The molecule has 6 nitrogen and oxygen atoms in total. The molecule has 94 valence electrons. The first kappa shape index (κ1) is 12.1. The number of hydrogen-bond acceptors (Lipinski definition) is 4. The number of carbonyl (C=O) groups is 1. The summed E-state index contributed by atoms with van der Waals surface area (Å²) in [5.74, 6) is 0.258. The Morgan fingerprint density at radius 3 is 3.00 bits per heavy atom. The minimum absolute atomic E-state index is 0.199. The molecule has 0 aliphatic heterocycles. The molecule has 0 unspecified atom stereocenters. The lowest BCUT2D eigenvalue weighted by molar-refractivity contribution is 0.0947. The average molecular weight is 246 g/mol. The Morgan fingerprint density at radius 2 is 2.33 bits per heavy atom. The fourth-order valence-electron chi connectivity index (χ4n) is 1.55. The van der Waals surface area contributed by atoms with E-state index < -0.39 is 0 Å². The van der Waals surface area contributed by atoms with E-state index in [2.05, 4.69) is 20.5 Å². The maximum absolute atomic E-state index is 12.0. The van der Waals surface area contributed by atoms with E-state index in [4.69, 9.17) is 4.74 Å². The average Bonchev–Trinajstić information content (AvgIpc) is 2.81. The normalized spacial score (nSPS) is 10.1. The van der Waals surface area contributed by atoms with Crippen LogP contribution in [-0.4, -0.2) is 28.2 Å². The third kappa shape index (κ3) is 2.48. The van der Waals surface area contributed by atoms with E-state index in [1.807, 2.05) is 6.92 Å². The van der Waals surface area contributed by atoms with E-state index in [0.29, 0.717) is 17.9 Å². The lowest BCUT2D eigenvalue weighted by atomic mass is 10.2. The van der Waals surface area contributed by atoms with Crippen molar-refractivity contribution in [2.24, 2.45) is 0 Å². The zero-order chi connectivity index (χ0) is 13.0. The maximum Gasteiger partial charge on any atom is 0.255 e. The van der Waals surface area contributed by atoms with E-state index in [-0.39, 0.29) is 5.91 Å². The summed E-state index contributed by atoms with van der Waals surface area (Å²) in [7, 11) is 1.51. The third-order valence-electron chi connectivity index (χ3n) is 2.62. The number of rotatable bonds is 4. The molecule has 2 aromatic rings. The van der Waals surface area contributed by atoms with E-state index in [1.54, 1.807) is 18.5 Å². The molecule has 0 aromatic carbocycles. The maximum atomic E-state index is 12.0. The highest BCUT2D eigenvalue weighted by molar-refractivity contribution is 5.96. The molecule has 18 heavy (non-hydrogen) atoms. The summed E-state index contributed by atoms with van der Waals surface area (Å²) in [6.45, 7) is 2.33. The van der Waals surface area contributed by atoms with Crippen LogP contribution in [-0.2, 0) is 6.54 Å². The van der Waals surface area contributed by atoms with Gasteiger partial charge in [-0.3, -0.25) is 14.9 Å². The molecule has 2 rings (SSSR count). The van der Waals surface area contributed by atoms with Gasteiger partial charge < -0.3 is 10.1 Å². The summed E-state index contributed by atoms with van der Waals surface area (Å²) in [6, 6.07) is 1.62. The van der Waals surface area contributed by atoms with Gasteiger partial charge in [0.2, 0.25) is 0 Å². The van der Waals surface area contributed by atoms with Gasteiger partial charge in [0.25, 0.3) is 5.91 Å². The number of aromatic nitrogens is 3. The molecule has 0 aliphatic rings. The molecular formula is C12H14N4O2. The number of ether oxygens (including phenoxy) is 1. The number of aromatic amines is 1. The molecule has 1 amide bonds. The van der Waals surface area contributed by atoms with Crippen molar-refractivity contribution < 1.29 is 9.53 Å². The van der Waals surface area contributed by atoms with E-state index >= 15 is 0 Å². The zero-order valence-corrected chi connectivity index (χ0v) is 10.2. The van der Waals surface area contributed by atoms with Gasteiger partial charge in [0, 0.05) is 24.0 Å². The summed E-state index contributed by atoms with van der Waals surface area (Å²) in [4.78, 5) is 15.9. The van der Waals surface area contributed by atoms with Crippen LogP contribution in [0.25, 0.3) is 0 Å². The predicted molar refractivity (Wildman–Crippen MR) is 65.3 cm³/mol. The number of nitrogens with one attached hydrogen (secondary N) is 2. The fourth-order valence-corrected chi connectivity index (χ4v) is 1.55. The lowest BCUT2D eigenvalue weighted by Gasteiger charge is -2.08. The van der Waals surface area contributed by atoms with Gasteiger partial charge in [-0.05, 0) is 13.0 Å². The Balaban J connectivity index is 2.06. The Morgan fingerprint density at radius 1 is 1.50 bits per heavy atom. The molecule has 2 N–H and O–H groups in total. The second-order valence-corrected chi connectivity index (χ2v) is 3.78. The Bertz CT molecular complexity index is 551. The summed E-state index contributed by atoms with van der Waals surface area (Å²) in [6.07, 6.45) is 4.76. The third-order valence-corrected chi connectivity index (χ3v) is 2.62. The highest BCUT2D eigenvalue weighted by atomic mass is 16.5. The SMILES string of the molecule is COc1cnccc1C(=O)NCc1cn[nH]c1C. The first-order valence-corrected chi connectivity index (χ1v) is 5.47. The van der Waals surface area contributed by atoms with E-state index in [9.17, 15) is 4.79 Å². The van der Waals surface area contributed by atoms with Gasteiger partial charge in [0.1, 0.15) is 5.75 Å². The predicted octanol–water partition coefficient (Wildman–Crippen LogP) is 1.05. The number of amides is 1. The summed E-state index contributed by atoms with van der Waals surface area (Å²) in [5, 5.41) is 9.52. The molecular weight excluding hydrogens is 232 g/mol. The van der Waals surface area contributed by atoms with Gasteiger partial charge >= 0.3 is 0 Å². The molecule has 0 aliphatic carbocycles. The van der Waals surface area contributed by atoms with Crippen LogP contribution in [0, 0.1) is 6.92 Å². The second kappa shape index (κ2) is 5.31. The Hall–Kier alpha value is -2.37. The number of H-pyrrole nitrogens is 1. The molecule has 0 spiro atoms. The van der Waals surface area contributed by atoms with Crippen LogP contribution in [0.4, 0.5) is 0 Å². The van der Waals surface area contributed by atoms with Crippen molar-refractivity contribution in [2.75, 3.05) is 7.11 Å². The largest absolute Gasteiger partial charge is 0.494 e. The molecule has 0 saturated carbocycles. The molecule has 6 heteroatoms. The quantitative estimate of drug-likeness (QED) is 0.845. The second-order valence-electron chi connectivity index (χ2n) is 3.78. The molecule has 0 fully saturated rings. The van der Waals surface area contributed by atoms with E-state index in [0.717, 1.165) is 11.3 Å².